The molecule has 4 heterocycles. The topological polar surface area (TPSA) is 115 Å². The maximum absolute atomic E-state index is 12.4. The third-order valence-corrected chi connectivity index (χ3v) is 5.20. The van der Waals surface area contributed by atoms with Crippen LogP contribution >= 0.6 is 0 Å². The van der Waals surface area contributed by atoms with Gasteiger partial charge in [-0.2, -0.15) is 0 Å². The number of aliphatic hydroxyl groups is 1. The number of ether oxygens (including phenoxy) is 1. The van der Waals surface area contributed by atoms with Crippen molar-refractivity contribution in [2.24, 2.45) is 0 Å². The summed E-state index contributed by atoms with van der Waals surface area (Å²) in [7, 11) is 0. The van der Waals surface area contributed by atoms with Gasteiger partial charge < -0.3 is 15.2 Å². The van der Waals surface area contributed by atoms with Crippen molar-refractivity contribution in [2.75, 3.05) is 6.61 Å². The van der Waals surface area contributed by atoms with Crippen molar-refractivity contribution >= 4 is 5.91 Å². The van der Waals surface area contributed by atoms with Gasteiger partial charge in [0.25, 0.3) is 5.91 Å². The summed E-state index contributed by atoms with van der Waals surface area (Å²) in [5.41, 5.74) is 2.05. The molecule has 1 fully saturated rings. The molecule has 9 nitrogen and oxygen atoms in total. The second-order valence-electron chi connectivity index (χ2n) is 7.24. The Morgan fingerprint density at radius 3 is 2.80 bits per heavy atom. The van der Waals surface area contributed by atoms with E-state index in [1.807, 2.05) is 24.4 Å². The molecule has 1 amide bonds. The van der Waals surface area contributed by atoms with Crippen LogP contribution in [-0.2, 0) is 11.3 Å². The van der Waals surface area contributed by atoms with Crippen LogP contribution in [0.15, 0.2) is 55.1 Å². The fraction of sp³-hybridized carbons (Fsp3) is 0.381. The van der Waals surface area contributed by atoms with Crippen LogP contribution in [0.25, 0.3) is 11.4 Å². The van der Waals surface area contributed by atoms with E-state index in [0.717, 1.165) is 30.7 Å². The third-order valence-electron chi connectivity index (χ3n) is 5.20. The number of pyridine rings is 2. The Labute approximate surface area is 174 Å². The van der Waals surface area contributed by atoms with Gasteiger partial charge in [0.1, 0.15) is 11.8 Å². The number of hydrogen-bond acceptors (Lipinski definition) is 7. The molecule has 0 bridgehead atoms. The molecule has 0 aliphatic carbocycles. The van der Waals surface area contributed by atoms with Crippen LogP contribution in [0, 0.1) is 0 Å². The van der Waals surface area contributed by atoms with Crippen molar-refractivity contribution in [3.63, 3.8) is 0 Å². The summed E-state index contributed by atoms with van der Waals surface area (Å²) in [4.78, 5) is 20.6. The van der Waals surface area contributed by atoms with E-state index in [4.69, 9.17) is 4.74 Å². The van der Waals surface area contributed by atoms with E-state index in [1.165, 1.54) is 0 Å². The normalized spacial score (nSPS) is 21.3. The molecular weight excluding hydrogens is 384 g/mol. The number of aryl methyl sites for hydroxylation is 1. The molecule has 9 heteroatoms. The summed E-state index contributed by atoms with van der Waals surface area (Å²) in [5, 5.41) is 21.1. The van der Waals surface area contributed by atoms with Gasteiger partial charge in [0.2, 0.25) is 0 Å². The molecule has 3 aromatic heterocycles. The maximum Gasteiger partial charge on any atom is 0.251 e. The summed E-state index contributed by atoms with van der Waals surface area (Å²) in [6.45, 7) is 0.502. The Morgan fingerprint density at radius 2 is 2.03 bits per heavy atom. The van der Waals surface area contributed by atoms with Crippen molar-refractivity contribution < 1.29 is 14.6 Å². The lowest BCUT2D eigenvalue weighted by Crippen LogP contribution is -2.51. The first kappa shape index (κ1) is 20.1. The monoisotopic (exact) mass is 408 g/mol. The van der Waals surface area contributed by atoms with Gasteiger partial charge in [0.05, 0.1) is 30.6 Å². The molecule has 4 rings (SSSR count). The van der Waals surface area contributed by atoms with Crippen molar-refractivity contribution in [3.05, 3.63) is 60.7 Å². The zero-order valence-corrected chi connectivity index (χ0v) is 16.5. The van der Waals surface area contributed by atoms with Crippen molar-refractivity contribution in [2.45, 2.75) is 44.1 Å². The highest BCUT2D eigenvalue weighted by atomic mass is 16.5. The smallest absolute Gasteiger partial charge is 0.251 e. The van der Waals surface area contributed by atoms with Crippen LogP contribution < -0.4 is 5.32 Å². The minimum absolute atomic E-state index is 0.0151. The van der Waals surface area contributed by atoms with Crippen LogP contribution in [0.4, 0.5) is 0 Å². The minimum atomic E-state index is -0.436. The minimum Gasteiger partial charge on any atom is -0.394 e. The van der Waals surface area contributed by atoms with Crippen LogP contribution in [-0.4, -0.2) is 60.8 Å². The van der Waals surface area contributed by atoms with Crippen molar-refractivity contribution in [1.29, 1.82) is 0 Å². The van der Waals surface area contributed by atoms with Gasteiger partial charge in [-0.3, -0.25) is 19.4 Å². The molecule has 2 N–H and O–H groups in total. The lowest BCUT2D eigenvalue weighted by molar-refractivity contribution is -0.0912. The fourth-order valence-corrected chi connectivity index (χ4v) is 3.58. The molecule has 30 heavy (non-hydrogen) atoms. The number of amides is 1. The van der Waals surface area contributed by atoms with E-state index in [1.54, 1.807) is 35.4 Å². The molecule has 1 aliphatic heterocycles. The SMILES string of the molecule is O=C(N[C@@H]1CC[C@H](CCn2cc(-c3ccccn3)nn2)O[C@H]1CO)c1ccncc1. The van der Waals surface area contributed by atoms with E-state index in [2.05, 4.69) is 25.6 Å². The molecule has 0 aromatic carbocycles. The number of carbonyl (C=O) groups excluding carboxylic acids is 1. The molecule has 3 atom stereocenters. The Hall–Kier alpha value is -3.17. The van der Waals surface area contributed by atoms with Crippen LogP contribution in [0.2, 0.25) is 0 Å². The van der Waals surface area contributed by atoms with Gasteiger partial charge in [-0.1, -0.05) is 11.3 Å². The Balaban J connectivity index is 1.29. The standard InChI is InChI=1S/C21H24N6O3/c28-14-20-18(24-21(29)15-6-10-22-11-7-15)5-4-16(30-20)8-12-27-13-19(25-26-27)17-3-1-2-9-23-17/h1-3,6-7,9-11,13,16,18,20,28H,4-5,8,12,14H2,(H,24,29)/t16-,18-,20+/m1/s1. The van der Waals surface area contributed by atoms with E-state index in [0.29, 0.717) is 12.1 Å². The number of nitrogens with zero attached hydrogens (tertiary/aromatic N) is 5. The van der Waals surface area contributed by atoms with Crippen LogP contribution in [0.1, 0.15) is 29.6 Å². The van der Waals surface area contributed by atoms with E-state index in [9.17, 15) is 9.90 Å². The molecule has 0 spiro atoms. The molecule has 0 saturated carbocycles. The second-order valence-corrected chi connectivity index (χ2v) is 7.24. The zero-order chi connectivity index (χ0) is 20.8. The second kappa shape index (κ2) is 9.55. The first-order chi connectivity index (χ1) is 14.7. The van der Waals surface area contributed by atoms with Crippen LogP contribution in [0.3, 0.4) is 0 Å². The number of rotatable bonds is 7. The molecule has 0 radical (unpaired) electrons. The molecular formula is C21H24N6O3. The number of hydrogen-bond donors (Lipinski definition) is 2. The number of nitrogens with one attached hydrogen (secondary N) is 1. The first-order valence-electron chi connectivity index (χ1n) is 10.0. The summed E-state index contributed by atoms with van der Waals surface area (Å²) >= 11 is 0. The summed E-state index contributed by atoms with van der Waals surface area (Å²) in [5.74, 6) is -0.187. The number of aliphatic hydroxyl groups excluding tert-OH is 1. The summed E-state index contributed by atoms with van der Waals surface area (Å²) in [6.07, 6.45) is 8.57. The molecule has 156 valence electrons. The molecule has 3 aromatic rings. The largest absolute Gasteiger partial charge is 0.394 e. The summed E-state index contributed by atoms with van der Waals surface area (Å²) in [6, 6.07) is 8.76. The Bertz CT molecular complexity index is 950. The lowest BCUT2D eigenvalue weighted by Gasteiger charge is -2.36. The van der Waals surface area contributed by atoms with Gasteiger partial charge in [0.15, 0.2) is 0 Å². The van der Waals surface area contributed by atoms with Crippen LogP contribution in [0.5, 0.6) is 0 Å². The number of carbonyl (C=O) groups is 1. The summed E-state index contributed by atoms with van der Waals surface area (Å²) < 4.78 is 7.82. The van der Waals surface area contributed by atoms with Crippen molar-refractivity contribution in [3.8, 4) is 11.4 Å². The Morgan fingerprint density at radius 1 is 1.17 bits per heavy atom. The first-order valence-corrected chi connectivity index (χ1v) is 10.0. The molecule has 1 saturated heterocycles. The van der Waals surface area contributed by atoms with Gasteiger partial charge >= 0.3 is 0 Å². The van der Waals surface area contributed by atoms with Gasteiger partial charge in [-0.15, -0.1) is 5.10 Å². The van der Waals surface area contributed by atoms with E-state index >= 15 is 0 Å². The third kappa shape index (κ3) is 4.87. The van der Waals surface area contributed by atoms with Crippen molar-refractivity contribution in [1.82, 2.24) is 30.3 Å². The van der Waals surface area contributed by atoms with E-state index in [-0.39, 0.29) is 24.7 Å². The lowest BCUT2D eigenvalue weighted by atomic mass is 9.97. The molecule has 0 unspecified atom stereocenters. The maximum atomic E-state index is 12.4. The highest BCUT2D eigenvalue weighted by molar-refractivity contribution is 5.94. The van der Waals surface area contributed by atoms with Gasteiger partial charge in [-0.05, 0) is 43.5 Å². The zero-order valence-electron chi connectivity index (χ0n) is 16.5. The van der Waals surface area contributed by atoms with Gasteiger partial charge in [0, 0.05) is 30.7 Å². The van der Waals surface area contributed by atoms with Gasteiger partial charge in [-0.25, -0.2) is 0 Å². The quantitative estimate of drug-likeness (QED) is 0.608. The predicted octanol–water partition coefficient (Wildman–Crippen LogP) is 1.46. The highest BCUT2D eigenvalue weighted by Crippen LogP contribution is 2.23. The average Bonchev–Trinajstić information content (AvgIpc) is 3.28. The van der Waals surface area contributed by atoms with E-state index < -0.39 is 6.10 Å². The average molecular weight is 408 g/mol. The molecule has 1 aliphatic rings. The fourth-order valence-electron chi connectivity index (χ4n) is 3.58. The Kier molecular flexibility index (Phi) is 6.41. The predicted molar refractivity (Wildman–Crippen MR) is 108 cm³/mol. The number of aromatic nitrogens is 5. The highest BCUT2D eigenvalue weighted by Gasteiger charge is 2.32.